The largest absolute Gasteiger partial charge is 0.272 e. The van der Waals surface area contributed by atoms with Crippen LogP contribution in [0, 0.1) is 0 Å². The molecule has 7 heteroatoms. The second-order valence-corrected chi connectivity index (χ2v) is 8.39. The van der Waals surface area contributed by atoms with Crippen LogP contribution in [0.4, 0.5) is 0 Å². The first-order valence-electron chi connectivity index (χ1n) is 7.21. The average molecular weight is 317 g/mol. The second kappa shape index (κ2) is 6.95. The number of thioether (sulfide) groups is 1. The number of aryl methyl sites for hydroxylation is 1. The number of rotatable bonds is 6. The lowest BCUT2D eigenvalue weighted by atomic mass is 9.96. The van der Waals surface area contributed by atoms with Gasteiger partial charge in [0, 0.05) is 24.0 Å². The summed E-state index contributed by atoms with van der Waals surface area (Å²) in [5.74, 6) is 1.09. The van der Waals surface area contributed by atoms with Crippen molar-refractivity contribution < 1.29 is 8.42 Å². The lowest BCUT2D eigenvalue weighted by molar-refractivity contribution is 0.420. The highest BCUT2D eigenvalue weighted by molar-refractivity contribution is 7.99. The number of nitrogens with zero attached hydrogens (tertiary/aromatic N) is 2. The van der Waals surface area contributed by atoms with Gasteiger partial charge in [0.15, 0.2) is 0 Å². The predicted octanol–water partition coefficient (Wildman–Crippen LogP) is 2.25. The van der Waals surface area contributed by atoms with Crippen molar-refractivity contribution in [1.29, 1.82) is 0 Å². The standard InChI is InChI=1S/C13H23N3O2S2/c1-3-16-10-13(9-14-16)20(17,18)15-11-6-5-7-12(8-11)19-4-2/h9-12,15H,3-8H2,1-2H3/t11-,12-/m0/s1. The Labute approximate surface area is 125 Å². The molecule has 0 aromatic carbocycles. The Balaban J connectivity index is 2.00. The molecule has 0 amide bonds. The third kappa shape index (κ3) is 3.99. The minimum absolute atomic E-state index is 0.0581. The Hall–Kier alpha value is -0.530. The molecule has 0 radical (unpaired) electrons. The van der Waals surface area contributed by atoms with Crippen molar-refractivity contribution in [3.8, 4) is 0 Å². The molecule has 1 aromatic heterocycles. The molecule has 5 nitrogen and oxygen atoms in total. The molecule has 1 fully saturated rings. The van der Waals surface area contributed by atoms with Crippen LogP contribution in [0.15, 0.2) is 17.3 Å². The van der Waals surface area contributed by atoms with Gasteiger partial charge >= 0.3 is 0 Å². The number of aromatic nitrogens is 2. The quantitative estimate of drug-likeness (QED) is 0.874. The van der Waals surface area contributed by atoms with E-state index in [-0.39, 0.29) is 10.9 Å². The van der Waals surface area contributed by atoms with Crippen LogP contribution >= 0.6 is 11.8 Å². The van der Waals surface area contributed by atoms with Crippen LogP contribution in [-0.4, -0.2) is 35.2 Å². The molecule has 0 aliphatic heterocycles. The summed E-state index contributed by atoms with van der Waals surface area (Å²) in [6, 6.07) is 0.0581. The molecular formula is C13H23N3O2S2. The van der Waals surface area contributed by atoms with Crippen LogP contribution in [0.1, 0.15) is 39.5 Å². The SMILES string of the molecule is CCS[C@H]1CCC[C@H](NS(=O)(=O)c2cnn(CC)c2)C1. The third-order valence-corrected chi connectivity index (χ3v) is 6.30. The molecule has 1 aliphatic carbocycles. The highest BCUT2D eigenvalue weighted by atomic mass is 32.2. The Bertz CT molecular complexity index is 525. The molecule has 2 atom stereocenters. The Kier molecular flexibility index (Phi) is 5.51. The van der Waals surface area contributed by atoms with E-state index in [1.165, 1.54) is 12.6 Å². The van der Waals surface area contributed by atoms with Crippen LogP contribution in [0.2, 0.25) is 0 Å². The van der Waals surface area contributed by atoms with Crippen LogP contribution in [0.3, 0.4) is 0 Å². The van der Waals surface area contributed by atoms with Gasteiger partial charge in [-0.15, -0.1) is 0 Å². The van der Waals surface area contributed by atoms with Gasteiger partial charge in [-0.25, -0.2) is 13.1 Å². The molecule has 1 saturated carbocycles. The fourth-order valence-electron chi connectivity index (χ4n) is 2.58. The molecule has 0 unspecified atom stereocenters. The Morgan fingerprint density at radius 2 is 2.25 bits per heavy atom. The summed E-state index contributed by atoms with van der Waals surface area (Å²) in [5.41, 5.74) is 0. The maximum absolute atomic E-state index is 12.3. The molecule has 114 valence electrons. The molecule has 0 spiro atoms. The van der Waals surface area contributed by atoms with Crippen molar-refractivity contribution in [2.45, 2.75) is 62.3 Å². The Morgan fingerprint density at radius 1 is 1.45 bits per heavy atom. The molecule has 1 heterocycles. The van der Waals surface area contributed by atoms with Gasteiger partial charge in [-0.2, -0.15) is 16.9 Å². The van der Waals surface area contributed by atoms with E-state index in [1.54, 1.807) is 10.9 Å². The first-order chi connectivity index (χ1) is 9.55. The van der Waals surface area contributed by atoms with Crippen molar-refractivity contribution in [2.24, 2.45) is 0 Å². The lowest BCUT2D eigenvalue weighted by Crippen LogP contribution is -2.39. The summed E-state index contributed by atoms with van der Waals surface area (Å²) in [7, 11) is -3.43. The number of nitrogens with one attached hydrogen (secondary N) is 1. The van der Waals surface area contributed by atoms with Crippen molar-refractivity contribution in [3.05, 3.63) is 12.4 Å². The van der Waals surface area contributed by atoms with E-state index in [9.17, 15) is 8.42 Å². The van der Waals surface area contributed by atoms with Crippen LogP contribution < -0.4 is 4.72 Å². The van der Waals surface area contributed by atoms with E-state index in [1.807, 2.05) is 18.7 Å². The topological polar surface area (TPSA) is 64.0 Å². The molecule has 1 aromatic rings. The average Bonchev–Trinajstić information content (AvgIpc) is 2.88. The zero-order chi connectivity index (χ0) is 14.6. The maximum atomic E-state index is 12.3. The van der Waals surface area contributed by atoms with Crippen LogP contribution in [0.25, 0.3) is 0 Å². The fraction of sp³-hybridized carbons (Fsp3) is 0.769. The van der Waals surface area contributed by atoms with Crippen molar-refractivity contribution in [3.63, 3.8) is 0 Å². The van der Waals surface area contributed by atoms with Crippen LogP contribution in [-0.2, 0) is 16.6 Å². The van der Waals surface area contributed by atoms with Gasteiger partial charge in [-0.1, -0.05) is 13.3 Å². The summed E-state index contributed by atoms with van der Waals surface area (Å²) < 4.78 is 29.1. The van der Waals surface area contributed by atoms with Gasteiger partial charge in [0.25, 0.3) is 0 Å². The zero-order valence-corrected chi connectivity index (χ0v) is 13.7. The van der Waals surface area contributed by atoms with Gasteiger partial charge in [0.1, 0.15) is 4.90 Å². The van der Waals surface area contributed by atoms with Crippen LogP contribution in [0.5, 0.6) is 0 Å². The summed E-state index contributed by atoms with van der Waals surface area (Å²) in [5, 5.41) is 4.61. The summed E-state index contributed by atoms with van der Waals surface area (Å²) in [6.07, 6.45) is 7.17. The second-order valence-electron chi connectivity index (χ2n) is 5.09. The molecule has 0 bridgehead atoms. The minimum Gasteiger partial charge on any atom is -0.272 e. The van der Waals surface area contributed by atoms with Gasteiger partial charge in [0.05, 0.1) is 6.20 Å². The molecule has 1 N–H and O–H groups in total. The minimum atomic E-state index is -3.43. The zero-order valence-electron chi connectivity index (χ0n) is 12.1. The van der Waals surface area contributed by atoms with Gasteiger partial charge in [-0.05, 0) is 31.9 Å². The first kappa shape index (κ1) is 15.9. The van der Waals surface area contributed by atoms with Gasteiger partial charge in [-0.3, -0.25) is 4.68 Å². The summed E-state index contributed by atoms with van der Waals surface area (Å²) in [4.78, 5) is 0.268. The molecule has 0 saturated heterocycles. The van der Waals surface area contributed by atoms with E-state index in [4.69, 9.17) is 0 Å². The highest BCUT2D eigenvalue weighted by Gasteiger charge is 2.27. The number of hydrogen-bond acceptors (Lipinski definition) is 4. The smallest absolute Gasteiger partial charge is 0.243 e. The predicted molar refractivity (Wildman–Crippen MR) is 82.4 cm³/mol. The van der Waals surface area contributed by atoms with E-state index in [2.05, 4.69) is 16.7 Å². The molecular weight excluding hydrogens is 294 g/mol. The van der Waals surface area contributed by atoms with E-state index < -0.39 is 10.0 Å². The van der Waals surface area contributed by atoms with Gasteiger partial charge < -0.3 is 0 Å². The van der Waals surface area contributed by atoms with Gasteiger partial charge in [0.2, 0.25) is 10.0 Å². The molecule has 1 aliphatic rings. The maximum Gasteiger partial charge on any atom is 0.243 e. The van der Waals surface area contributed by atoms with E-state index in [0.29, 0.717) is 11.8 Å². The highest BCUT2D eigenvalue weighted by Crippen LogP contribution is 2.29. The summed E-state index contributed by atoms with van der Waals surface area (Å²) in [6.45, 7) is 4.76. The van der Waals surface area contributed by atoms with Crippen molar-refractivity contribution >= 4 is 21.8 Å². The monoisotopic (exact) mass is 317 g/mol. The van der Waals surface area contributed by atoms with Crippen molar-refractivity contribution in [2.75, 3.05) is 5.75 Å². The Morgan fingerprint density at radius 3 is 2.90 bits per heavy atom. The van der Waals surface area contributed by atoms with E-state index >= 15 is 0 Å². The molecule has 2 rings (SSSR count). The van der Waals surface area contributed by atoms with E-state index in [0.717, 1.165) is 25.0 Å². The third-order valence-electron chi connectivity index (χ3n) is 3.59. The molecule has 20 heavy (non-hydrogen) atoms. The first-order valence-corrected chi connectivity index (χ1v) is 9.74. The number of sulfonamides is 1. The fourth-order valence-corrected chi connectivity index (χ4v) is 4.99. The lowest BCUT2D eigenvalue weighted by Gasteiger charge is -2.28. The summed E-state index contributed by atoms with van der Waals surface area (Å²) >= 11 is 1.93. The normalized spacial score (nSPS) is 23.9. The number of hydrogen-bond donors (Lipinski definition) is 1. The van der Waals surface area contributed by atoms with Crippen molar-refractivity contribution in [1.82, 2.24) is 14.5 Å².